The fraction of sp³-hybridized carbons (Fsp3) is 0.353. The monoisotopic (exact) mass is 379 g/mol. The molecule has 2 rings (SSSR count). The summed E-state index contributed by atoms with van der Waals surface area (Å²) in [6.45, 7) is 7.88. The largest absolute Gasteiger partial charge is 0.358 e. The molecule has 1 aromatic heterocycles. The Hall–Kier alpha value is -1.44. The number of aromatic nitrogens is 1. The minimum absolute atomic E-state index is 0.0840. The number of thioether (sulfide) groups is 1. The second kappa shape index (κ2) is 9.15. The molecule has 0 saturated carbocycles. The number of nitrogens with one attached hydrogen (secondary N) is 1. The van der Waals surface area contributed by atoms with Crippen molar-refractivity contribution in [1.29, 1.82) is 0 Å². The van der Waals surface area contributed by atoms with Crippen molar-refractivity contribution >= 4 is 50.7 Å². The maximum absolute atomic E-state index is 12.1. The van der Waals surface area contributed by atoms with Gasteiger partial charge < -0.3 is 10.2 Å². The lowest BCUT2D eigenvalue weighted by molar-refractivity contribution is -0.113. The summed E-state index contributed by atoms with van der Waals surface area (Å²) in [6.07, 6.45) is 0. The predicted octanol–water partition coefficient (Wildman–Crippen LogP) is 4.42. The molecule has 1 aromatic carbocycles. The lowest BCUT2D eigenvalue weighted by Crippen LogP contribution is -2.28. The van der Waals surface area contributed by atoms with Crippen molar-refractivity contribution in [2.24, 2.45) is 0 Å². The number of thiazole rings is 1. The number of aryl methyl sites for hydroxylation is 1. The first-order valence-corrected chi connectivity index (χ1v) is 10.0. The van der Waals surface area contributed by atoms with E-state index < -0.39 is 0 Å². The Bertz CT molecular complexity index is 693. The van der Waals surface area contributed by atoms with Gasteiger partial charge in [0.05, 0.1) is 11.4 Å². The first kappa shape index (κ1) is 18.9. The quantitative estimate of drug-likeness (QED) is 0.753. The van der Waals surface area contributed by atoms with Gasteiger partial charge in [0, 0.05) is 24.0 Å². The smallest absolute Gasteiger partial charge is 0.236 e. The lowest BCUT2D eigenvalue weighted by Gasteiger charge is -2.20. The van der Waals surface area contributed by atoms with Gasteiger partial charge in [-0.25, -0.2) is 4.98 Å². The third-order valence-electron chi connectivity index (χ3n) is 3.45. The summed E-state index contributed by atoms with van der Waals surface area (Å²) >= 11 is 8.15. The van der Waals surface area contributed by atoms with Crippen LogP contribution in [0.25, 0.3) is 11.3 Å². The summed E-state index contributed by atoms with van der Waals surface area (Å²) < 4.78 is 0.759. The Balaban J connectivity index is 1.89. The van der Waals surface area contributed by atoms with E-state index in [9.17, 15) is 4.79 Å². The first-order valence-electron chi connectivity index (χ1n) is 7.77. The number of hydrogen-bond donors (Lipinski definition) is 1. The van der Waals surface area contributed by atoms with Crippen molar-refractivity contribution in [2.75, 3.05) is 24.2 Å². The van der Waals surface area contributed by atoms with E-state index in [1.807, 2.05) is 17.5 Å². The Morgan fingerprint density at radius 2 is 1.96 bits per heavy atom. The van der Waals surface area contributed by atoms with E-state index in [1.165, 1.54) is 28.7 Å². The molecule has 0 atom stereocenters. The van der Waals surface area contributed by atoms with Gasteiger partial charge in [-0.1, -0.05) is 53.8 Å². The summed E-state index contributed by atoms with van der Waals surface area (Å²) in [6, 6.07) is 8.18. The Morgan fingerprint density at radius 3 is 2.58 bits per heavy atom. The maximum atomic E-state index is 12.1. The van der Waals surface area contributed by atoms with Crippen LogP contribution in [0.5, 0.6) is 0 Å². The van der Waals surface area contributed by atoms with Gasteiger partial charge in [0.25, 0.3) is 0 Å². The molecule has 0 spiro atoms. The van der Waals surface area contributed by atoms with E-state index in [2.05, 4.69) is 48.1 Å². The van der Waals surface area contributed by atoms with Crippen LogP contribution in [0.15, 0.2) is 29.6 Å². The molecule has 2 aromatic rings. The molecule has 1 heterocycles. The van der Waals surface area contributed by atoms with Gasteiger partial charge in [-0.2, -0.15) is 0 Å². The van der Waals surface area contributed by atoms with Crippen LogP contribution in [0.1, 0.15) is 19.4 Å². The zero-order valence-electron chi connectivity index (χ0n) is 14.0. The van der Waals surface area contributed by atoms with Crippen LogP contribution in [-0.4, -0.2) is 39.0 Å². The highest BCUT2D eigenvalue weighted by atomic mass is 32.2. The second-order valence-electron chi connectivity index (χ2n) is 5.18. The van der Waals surface area contributed by atoms with E-state index in [0.717, 1.165) is 28.7 Å². The predicted molar refractivity (Wildman–Crippen MR) is 109 cm³/mol. The molecule has 0 radical (unpaired) electrons. The summed E-state index contributed by atoms with van der Waals surface area (Å²) in [7, 11) is 0. The topological polar surface area (TPSA) is 45.2 Å². The lowest BCUT2D eigenvalue weighted by atomic mass is 10.1. The number of carbonyl (C=O) groups is 1. The van der Waals surface area contributed by atoms with Crippen LogP contribution in [0, 0.1) is 6.92 Å². The zero-order chi connectivity index (χ0) is 17.5. The van der Waals surface area contributed by atoms with Gasteiger partial charge in [-0.15, -0.1) is 11.3 Å². The molecule has 0 aliphatic rings. The van der Waals surface area contributed by atoms with Gasteiger partial charge >= 0.3 is 0 Å². The van der Waals surface area contributed by atoms with E-state index in [0.29, 0.717) is 10.9 Å². The minimum atomic E-state index is -0.0840. The molecule has 1 amide bonds. The van der Waals surface area contributed by atoms with Crippen molar-refractivity contribution in [3.63, 3.8) is 0 Å². The highest BCUT2D eigenvalue weighted by molar-refractivity contribution is 8.23. The molecule has 0 saturated heterocycles. The molecular weight excluding hydrogens is 358 g/mol. The number of nitrogens with zero attached hydrogens (tertiary/aromatic N) is 2. The molecule has 0 aliphatic carbocycles. The van der Waals surface area contributed by atoms with Crippen molar-refractivity contribution < 1.29 is 4.79 Å². The Kier molecular flexibility index (Phi) is 7.20. The van der Waals surface area contributed by atoms with E-state index in [4.69, 9.17) is 12.2 Å². The molecule has 24 heavy (non-hydrogen) atoms. The Labute approximate surface area is 156 Å². The van der Waals surface area contributed by atoms with Gasteiger partial charge in [0.15, 0.2) is 5.13 Å². The number of carbonyl (C=O) groups excluding carboxylic acids is 1. The van der Waals surface area contributed by atoms with E-state index in [-0.39, 0.29) is 5.91 Å². The second-order valence-corrected chi connectivity index (χ2v) is 7.65. The number of amides is 1. The van der Waals surface area contributed by atoms with Crippen molar-refractivity contribution in [3.8, 4) is 11.3 Å². The number of anilines is 1. The summed E-state index contributed by atoms with van der Waals surface area (Å²) in [5.41, 5.74) is 3.14. The van der Waals surface area contributed by atoms with Crippen LogP contribution in [0.2, 0.25) is 0 Å². The maximum Gasteiger partial charge on any atom is 0.236 e. The molecule has 0 bridgehead atoms. The van der Waals surface area contributed by atoms with E-state index >= 15 is 0 Å². The molecule has 1 N–H and O–H groups in total. The molecule has 0 unspecified atom stereocenters. The minimum Gasteiger partial charge on any atom is -0.358 e. The summed E-state index contributed by atoms with van der Waals surface area (Å²) in [5, 5.41) is 5.41. The number of rotatable bonds is 6. The van der Waals surface area contributed by atoms with Gasteiger partial charge in [-0.05, 0) is 20.8 Å². The van der Waals surface area contributed by atoms with E-state index in [1.54, 1.807) is 0 Å². The molecule has 4 nitrogen and oxygen atoms in total. The van der Waals surface area contributed by atoms with Crippen LogP contribution < -0.4 is 5.32 Å². The average Bonchev–Trinajstić information content (AvgIpc) is 3.03. The highest BCUT2D eigenvalue weighted by Crippen LogP contribution is 2.25. The first-order chi connectivity index (χ1) is 11.5. The van der Waals surface area contributed by atoms with Crippen molar-refractivity contribution in [3.05, 3.63) is 35.2 Å². The third-order valence-corrected chi connectivity index (χ3v) is 5.73. The van der Waals surface area contributed by atoms with Gasteiger partial charge in [0.2, 0.25) is 5.91 Å². The van der Waals surface area contributed by atoms with Crippen molar-refractivity contribution in [1.82, 2.24) is 9.88 Å². The van der Waals surface area contributed by atoms with Gasteiger partial charge in [0.1, 0.15) is 4.32 Å². The zero-order valence-corrected chi connectivity index (χ0v) is 16.5. The molecule has 7 heteroatoms. The van der Waals surface area contributed by atoms with Crippen LogP contribution in [-0.2, 0) is 4.79 Å². The fourth-order valence-electron chi connectivity index (χ4n) is 2.04. The molecular formula is C17H21N3OS3. The molecule has 128 valence electrons. The van der Waals surface area contributed by atoms with Crippen LogP contribution in [0.4, 0.5) is 5.13 Å². The highest BCUT2D eigenvalue weighted by Gasteiger charge is 2.11. The average molecular weight is 380 g/mol. The molecule has 0 fully saturated rings. The fourth-order valence-corrected chi connectivity index (χ4v) is 3.98. The number of hydrogen-bond acceptors (Lipinski definition) is 5. The van der Waals surface area contributed by atoms with Crippen LogP contribution in [0.3, 0.4) is 0 Å². The number of benzene rings is 1. The SMILES string of the molecule is CCN(CC)C(=S)SCC(=O)Nc1nc(-c2ccc(C)cc2)cs1. The van der Waals surface area contributed by atoms with Crippen molar-refractivity contribution in [2.45, 2.75) is 20.8 Å². The Morgan fingerprint density at radius 1 is 1.29 bits per heavy atom. The van der Waals surface area contributed by atoms with Gasteiger partial charge in [-0.3, -0.25) is 4.79 Å². The van der Waals surface area contributed by atoms with Crippen LogP contribution >= 0.6 is 35.3 Å². The summed E-state index contributed by atoms with van der Waals surface area (Å²) in [4.78, 5) is 18.6. The third kappa shape index (κ3) is 5.29. The normalized spacial score (nSPS) is 10.5. The standard InChI is InChI=1S/C17H21N3OS3/c1-4-20(5-2)17(22)24-11-15(21)19-16-18-14(10-23-16)13-8-6-12(3)7-9-13/h6-10H,4-5,11H2,1-3H3,(H,18,19,21). The summed E-state index contributed by atoms with van der Waals surface area (Å²) in [5.74, 6) is 0.216. The number of thiocarbonyl (C=S) groups is 1. The molecule has 0 aliphatic heterocycles.